The maximum atomic E-state index is 9.86. The highest BCUT2D eigenvalue weighted by Gasteiger charge is 2.20. The number of hydrogen-bond acceptors (Lipinski definition) is 4. The number of nitriles is 1. The summed E-state index contributed by atoms with van der Waals surface area (Å²) in [6.07, 6.45) is 0. The van der Waals surface area contributed by atoms with Crippen LogP contribution in [0.3, 0.4) is 0 Å². The number of fused-ring (bicyclic) bond motifs is 3. The van der Waals surface area contributed by atoms with E-state index in [1.807, 2.05) is 109 Å². The molecule has 7 aromatic rings. The van der Waals surface area contributed by atoms with Crippen LogP contribution in [0.1, 0.15) is 5.56 Å². The largest absolute Gasteiger partial charge is 0.309 e. The maximum absolute atomic E-state index is 9.86. The number of benzene rings is 5. The Labute approximate surface area is 236 Å². The lowest BCUT2D eigenvalue weighted by Gasteiger charge is -2.15. The fraction of sp³-hybridized carbons (Fsp3) is 0. The molecule has 7 rings (SSSR count). The van der Waals surface area contributed by atoms with Crippen LogP contribution in [0.25, 0.3) is 66.5 Å². The van der Waals surface area contributed by atoms with E-state index in [2.05, 4.69) is 27.6 Å². The molecule has 0 saturated heterocycles. The van der Waals surface area contributed by atoms with Crippen LogP contribution in [-0.2, 0) is 0 Å². The van der Waals surface area contributed by atoms with Gasteiger partial charge in [0, 0.05) is 22.1 Å². The van der Waals surface area contributed by atoms with Crippen LogP contribution in [0, 0.1) is 17.9 Å². The van der Waals surface area contributed by atoms with Gasteiger partial charge in [0.15, 0.2) is 23.2 Å². The van der Waals surface area contributed by atoms with Crippen LogP contribution < -0.4 is 0 Å². The molecule has 0 saturated carbocycles. The molecule has 2 aromatic heterocycles. The third-order valence-corrected chi connectivity index (χ3v) is 7.09. The maximum Gasteiger partial charge on any atom is 0.188 e. The predicted octanol–water partition coefficient (Wildman–Crippen LogP) is 8.39. The first kappa shape index (κ1) is 24.0. The molecule has 6 nitrogen and oxygen atoms in total. The van der Waals surface area contributed by atoms with Gasteiger partial charge in [-0.05, 0) is 41.8 Å². The third-order valence-electron chi connectivity index (χ3n) is 7.09. The van der Waals surface area contributed by atoms with E-state index in [0.717, 1.165) is 38.6 Å². The second-order valence-electron chi connectivity index (χ2n) is 9.55. The van der Waals surface area contributed by atoms with E-state index in [-0.39, 0.29) is 0 Å². The number of rotatable bonds is 4. The minimum absolute atomic E-state index is 0.466. The highest BCUT2D eigenvalue weighted by molar-refractivity contribution is 6.10. The molecule has 0 aliphatic carbocycles. The fourth-order valence-corrected chi connectivity index (χ4v) is 5.20. The van der Waals surface area contributed by atoms with Crippen molar-refractivity contribution >= 4 is 27.5 Å². The fourth-order valence-electron chi connectivity index (χ4n) is 5.20. The zero-order chi connectivity index (χ0) is 27.8. The molecule has 0 radical (unpaired) electrons. The van der Waals surface area contributed by atoms with E-state index >= 15 is 0 Å². The number of nitrogens with zero attached hydrogens (tertiary/aromatic N) is 6. The molecule has 41 heavy (non-hydrogen) atoms. The molecule has 6 heteroatoms. The molecule has 0 aliphatic heterocycles. The van der Waals surface area contributed by atoms with Gasteiger partial charge >= 0.3 is 0 Å². The molecule has 190 valence electrons. The van der Waals surface area contributed by atoms with E-state index in [9.17, 15) is 5.26 Å². The lowest BCUT2D eigenvalue weighted by molar-refractivity contribution is 1.06. The standard InChI is InChI=1S/C35H20N6/c1-37-26-17-19-31-28(21-26)27-14-8-9-15-30(27)41(31)32-18-16-23(22-36)20-29(32)35-39-33(24-10-4-2-5-11-24)38-34(40-35)25-12-6-3-7-13-25/h2-21H. The number of aromatic nitrogens is 4. The van der Waals surface area contributed by atoms with Gasteiger partial charge < -0.3 is 4.57 Å². The highest BCUT2D eigenvalue weighted by Crippen LogP contribution is 2.38. The van der Waals surface area contributed by atoms with Gasteiger partial charge in [-0.3, -0.25) is 0 Å². The van der Waals surface area contributed by atoms with Gasteiger partial charge in [0.1, 0.15) is 0 Å². The second kappa shape index (κ2) is 9.89. The second-order valence-corrected chi connectivity index (χ2v) is 9.55. The van der Waals surface area contributed by atoms with E-state index in [1.54, 1.807) is 0 Å². The highest BCUT2D eigenvalue weighted by atomic mass is 15.1. The van der Waals surface area contributed by atoms with E-state index in [0.29, 0.717) is 34.3 Å². The zero-order valence-electron chi connectivity index (χ0n) is 21.7. The van der Waals surface area contributed by atoms with Crippen molar-refractivity contribution in [1.29, 1.82) is 5.26 Å². The smallest absolute Gasteiger partial charge is 0.188 e. The quantitative estimate of drug-likeness (QED) is 0.217. The van der Waals surface area contributed by atoms with Crippen molar-refractivity contribution in [2.24, 2.45) is 0 Å². The summed E-state index contributed by atoms with van der Waals surface area (Å²) in [5, 5.41) is 11.9. The summed E-state index contributed by atoms with van der Waals surface area (Å²) < 4.78 is 2.16. The van der Waals surface area contributed by atoms with Gasteiger partial charge in [0.25, 0.3) is 0 Å². The Kier molecular flexibility index (Phi) is 5.78. The van der Waals surface area contributed by atoms with Crippen LogP contribution in [0.15, 0.2) is 121 Å². The van der Waals surface area contributed by atoms with Crippen molar-refractivity contribution in [3.05, 3.63) is 138 Å². The Hall–Kier alpha value is -6.11. The molecule has 0 spiro atoms. The third kappa shape index (κ3) is 4.17. The van der Waals surface area contributed by atoms with Crippen molar-refractivity contribution in [3.8, 4) is 45.9 Å². The average molecular weight is 525 g/mol. The average Bonchev–Trinajstić information content (AvgIpc) is 3.38. The van der Waals surface area contributed by atoms with Crippen LogP contribution in [-0.4, -0.2) is 19.5 Å². The topological polar surface area (TPSA) is 71.8 Å². The number of hydrogen-bond donors (Lipinski definition) is 0. The molecule has 0 unspecified atom stereocenters. The Morgan fingerprint density at radius 1 is 0.610 bits per heavy atom. The summed E-state index contributed by atoms with van der Waals surface area (Å²) in [4.78, 5) is 18.4. The first-order valence-electron chi connectivity index (χ1n) is 13.1. The predicted molar refractivity (Wildman–Crippen MR) is 161 cm³/mol. The summed E-state index contributed by atoms with van der Waals surface area (Å²) in [5.74, 6) is 1.56. The Morgan fingerprint density at radius 3 is 1.88 bits per heavy atom. The van der Waals surface area contributed by atoms with Crippen molar-refractivity contribution in [1.82, 2.24) is 19.5 Å². The molecule has 0 amide bonds. The summed E-state index contributed by atoms with van der Waals surface area (Å²) in [7, 11) is 0. The van der Waals surface area contributed by atoms with Gasteiger partial charge in [-0.1, -0.05) is 84.9 Å². The van der Waals surface area contributed by atoms with Crippen LogP contribution >= 0.6 is 0 Å². The molecule has 2 heterocycles. The van der Waals surface area contributed by atoms with Crippen LogP contribution in [0.4, 0.5) is 5.69 Å². The summed E-state index contributed by atoms with van der Waals surface area (Å²) >= 11 is 0. The van der Waals surface area contributed by atoms with Gasteiger partial charge in [0.05, 0.1) is 34.9 Å². The Bertz CT molecular complexity index is 2110. The Balaban J connectivity index is 1.55. The van der Waals surface area contributed by atoms with Crippen LogP contribution in [0.5, 0.6) is 0 Å². The molecular weight excluding hydrogens is 504 g/mol. The number of para-hydroxylation sites is 1. The molecule has 0 bridgehead atoms. The minimum Gasteiger partial charge on any atom is -0.309 e. The summed E-state index contributed by atoms with van der Waals surface area (Å²) in [5.41, 5.74) is 6.29. The van der Waals surface area contributed by atoms with Gasteiger partial charge in [-0.15, -0.1) is 0 Å². The van der Waals surface area contributed by atoms with Crippen molar-refractivity contribution in [2.75, 3.05) is 0 Å². The molecule has 0 fully saturated rings. The van der Waals surface area contributed by atoms with Crippen molar-refractivity contribution in [3.63, 3.8) is 0 Å². The van der Waals surface area contributed by atoms with Crippen LogP contribution in [0.2, 0.25) is 0 Å². The SMILES string of the molecule is [C-]#[N+]c1ccc2c(c1)c1ccccc1n2-c1ccc(C#N)cc1-c1nc(-c2ccccc2)nc(-c2ccccc2)n1. The molecule has 0 atom stereocenters. The first-order chi connectivity index (χ1) is 20.2. The van der Waals surface area contributed by atoms with Gasteiger partial charge in [-0.2, -0.15) is 5.26 Å². The summed E-state index contributed by atoms with van der Waals surface area (Å²) in [6.45, 7) is 7.54. The normalized spacial score (nSPS) is 10.9. The van der Waals surface area contributed by atoms with Gasteiger partial charge in [-0.25, -0.2) is 19.8 Å². The summed E-state index contributed by atoms with van der Waals surface area (Å²) in [6, 6.07) is 41.4. The van der Waals surface area contributed by atoms with E-state index < -0.39 is 0 Å². The van der Waals surface area contributed by atoms with E-state index in [4.69, 9.17) is 21.5 Å². The van der Waals surface area contributed by atoms with Crippen molar-refractivity contribution in [2.45, 2.75) is 0 Å². The minimum atomic E-state index is 0.466. The lowest BCUT2D eigenvalue weighted by atomic mass is 10.1. The molecule has 5 aromatic carbocycles. The molecule has 0 N–H and O–H groups in total. The van der Waals surface area contributed by atoms with Gasteiger partial charge in [0.2, 0.25) is 0 Å². The first-order valence-corrected chi connectivity index (χ1v) is 13.1. The van der Waals surface area contributed by atoms with E-state index in [1.165, 1.54) is 0 Å². The molecule has 0 aliphatic rings. The zero-order valence-corrected chi connectivity index (χ0v) is 21.7. The monoisotopic (exact) mass is 524 g/mol. The molecular formula is C35H20N6. The van der Waals surface area contributed by atoms with Crippen molar-refractivity contribution < 1.29 is 0 Å². The lowest BCUT2D eigenvalue weighted by Crippen LogP contribution is -2.04. The Morgan fingerprint density at radius 2 is 1.22 bits per heavy atom.